The third-order valence-corrected chi connectivity index (χ3v) is 4.14. The van der Waals surface area contributed by atoms with E-state index in [2.05, 4.69) is 4.74 Å². The summed E-state index contributed by atoms with van der Waals surface area (Å²) in [7, 11) is 0. The van der Waals surface area contributed by atoms with Crippen molar-refractivity contribution < 1.29 is 35.5 Å². The van der Waals surface area contributed by atoms with Crippen LogP contribution >= 0.6 is 0 Å². The number of alkyl halides is 2. The number of aryl methyl sites for hydroxylation is 1. The molecule has 0 heterocycles. The molecule has 0 bridgehead atoms. The van der Waals surface area contributed by atoms with Gasteiger partial charge in [0.15, 0.2) is 0 Å². The molecule has 0 amide bonds. The number of benzene rings is 3. The Morgan fingerprint density at radius 1 is 0.781 bits per heavy atom. The molecule has 0 aromatic heterocycles. The molecule has 32 heavy (non-hydrogen) atoms. The Bertz CT molecular complexity index is 1140. The third kappa shape index (κ3) is 5.02. The zero-order valence-corrected chi connectivity index (χ0v) is 17.0. The van der Waals surface area contributed by atoms with Crippen molar-refractivity contribution in [3.8, 4) is 22.9 Å². The van der Waals surface area contributed by atoms with E-state index in [1.807, 2.05) is 13.8 Å². The molecular weight excluding hydrogens is 439 g/mol. The second-order valence-electron chi connectivity index (χ2n) is 6.29. The molecule has 3 aromatic rings. The molecule has 0 atom stereocenters. The average molecular weight is 455 g/mol. The molecular formula is C23H16F7NO. The highest BCUT2D eigenvalue weighted by Crippen LogP contribution is 2.38. The van der Waals surface area contributed by atoms with Crippen LogP contribution in [0.4, 0.5) is 30.7 Å². The maximum Gasteiger partial charge on any atom is 0.432 e. The predicted molar refractivity (Wildman–Crippen MR) is 103 cm³/mol. The lowest BCUT2D eigenvalue weighted by molar-refractivity contribution is -0.189. The average Bonchev–Trinajstić information content (AvgIpc) is 2.68. The Labute approximate surface area is 179 Å². The van der Waals surface area contributed by atoms with Crippen LogP contribution in [0.5, 0.6) is 5.75 Å². The van der Waals surface area contributed by atoms with E-state index in [-0.39, 0.29) is 23.3 Å². The quantitative estimate of drug-likeness (QED) is 0.385. The van der Waals surface area contributed by atoms with E-state index in [0.29, 0.717) is 17.7 Å². The lowest BCUT2D eigenvalue weighted by atomic mass is 10.0. The van der Waals surface area contributed by atoms with Crippen molar-refractivity contribution in [1.29, 1.82) is 5.26 Å². The van der Waals surface area contributed by atoms with Crippen molar-refractivity contribution in [2.45, 2.75) is 26.9 Å². The lowest BCUT2D eigenvalue weighted by Crippen LogP contribution is -2.25. The highest BCUT2D eigenvalue weighted by Gasteiger charge is 2.41. The number of hydrogen-bond donors (Lipinski definition) is 0. The summed E-state index contributed by atoms with van der Waals surface area (Å²) < 4.78 is 103. The normalized spacial score (nSPS) is 10.8. The highest BCUT2D eigenvalue weighted by molar-refractivity contribution is 5.65. The summed E-state index contributed by atoms with van der Waals surface area (Å²) in [5, 5.41) is 8.58. The molecule has 3 aromatic carbocycles. The number of nitrogens with zero attached hydrogens (tertiary/aromatic N) is 1. The second-order valence-corrected chi connectivity index (χ2v) is 6.29. The van der Waals surface area contributed by atoms with Crippen molar-refractivity contribution in [2.75, 3.05) is 0 Å². The van der Waals surface area contributed by atoms with Gasteiger partial charge >= 0.3 is 6.11 Å². The highest BCUT2D eigenvalue weighted by atomic mass is 19.3. The van der Waals surface area contributed by atoms with E-state index in [4.69, 9.17) is 5.26 Å². The first-order valence-electron chi connectivity index (χ1n) is 9.25. The lowest BCUT2D eigenvalue weighted by Gasteiger charge is -2.20. The monoisotopic (exact) mass is 455 g/mol. The van der Waals surface area contributed by atoms with E-state index in [1.54, 1.807) is 6.92 Å². The minimum Gasteiger partial charge on any atom is -0.429 e. The molecule has 0 saturated carbocycles. The third-order valence-electron chi connectivity index (χ3n) is 4.14. The maximum atomic E-state index is 14.4. The van der Waals surface area contributed by atoms with Gasteiger partial charge in [0.2, 0.25) is 0 Å². The largest absolute Gasteiger partial charge is 0.432 e. The summed E-state index contributed by atoms with van der Waals surface area (Å²) >= 11 is 0. The van der Waals surface area contributed by atoms with Crippen LogP contribution in [-0.2, 0) is 6.11 Å². The summed E-state index contributed by atoms with van der Waals surface area (Å²) in [6, 6.07) is 6.53. The molecule has 0 unspecified atom stereocenters. The van der Waals surface area contributed by atoms with Gasteiger partial charge in [0, 0.05) is 17.7 Å². The second kappa shape index (κ2) is 9.73. The minimum atomic E-state index is -4.68. The van der Waals surface area contributed by atoms with Crippen LogP contribution in [0.2, 0.25) is 0 Å². The van der Waals surface area contributed by atoms with Crippen LogP contribution in [0.15, 0.2) is 42.5 Å². The van der Waals surface area contributed by atoms with Gasteiger partial charge in [-0.05, 0) is 36.2 Å². The van der Waals surface area contributed by atoms with Gasteiger partial charge in [0.05, 0.1) is 0 Å². The summed E-state index contributed by atoms with van der Waals surface area (Å²) in [5.74, 6) is -8.41. The molecule has 9 heteroatoms. The molecule has 168 valence electrons. The number of hydrogen-bond acceptors (Lipinski definition) is 2. The van der Waals surface area contributed by atoms with E-state index >= 15 is 0 Å². The molecule has 0 aliphatic heterocycles. The Balaban J connectivity index is 0.00000176. The van der Waals surface area contributed by atoms with Crippen LogP contribution in [0.1, 0.15) is 30.5 Å². The van der Waals surface area contributed by atoms with E-state index in [9.17, 15) is 30.7 Å². The minimum absolute atomic E-state index is 0.217. The van der Waals surface area contributed by atoms with Crippen LogP contribution in [0.3, 0.4) is 0 Å². The molecule has 0 N–H and O–H groups in total. The molecule has 2 nitrogen and oxygen atoms in total. The fourth-order valence-electron chi connectivity index (χ4n) is 2.78. The molecule has 0 fully saturated rings. The zero-order valence-electron chi connectivity index (χ0n) is 17.0. The predicted octanol–water partition coefficient (Wildman–Crippen LogP) is 7.38. The summed E-state index contributed by atoms with van der Waals surface area (Å²) in [4.78, 5) is 0. The first kappa shape index (κ1) is 24.7. The summed E-state index contributed by atoms with van der Waals surface area (Å²) in [5.41, 5.74) is -2.88. The van der Waals surface area contributed by atoms with Gasteiger partial charge in [-0.3, -0.25) is 0 Å². The molecule has 0 spiro atoms. The van der Waals surface area contributed by atoms with Crippen LogP contribution < -0.4 is 4.74 Å². The zero-order chi connectivity index (χ0) is 24.2. The Hall–Kier alpha value is -3.54. The first-order chi connectivity index (χ1) is 15.0. The van der Waals surface area contributed by atoms with Crippen molar-refractivity contribution in [3.05, 3.63) is 88.2 Å². The number of rotatable bonds is 4. The molecule has 0 radical (unpaired) electrons. The van der Waals surface area contributed by atoms with E-state index in [0.717, 1.165) is 6.07 Å². The van der Waals surface area contributed by atoms with Gasteiger partial charge < -0.3 is 4.74 Å². The topological polar surface area (TPSA) is 33.0 Å². The molecule has 0 aliphatic rings. The van der Waals surface area contributed by atoms with Gasteiger partial charge in [0.25, 0.3) is 0 Å². The fraction of sp³-hybridized carbons (Fsp3) is 0.174. The summed E-state index contributed by atoms with van der Waals surface area (Å²) in [6.45, 7) is 5.59. The van der Waals surface area contributed by atoms with Crippen molar-refractivity contribution in [2.24, 2.45) is 0 Å². The molecule has 3 rings (SSSR count). The SMILES string of the molecule is CC.Cc1ccc(-c2cc(F)c(C(F)(F)Oc3cc(F)c(C#N)c(F)c3)c(F)c2)c(F)c1. The van der Waals surface area contributed by atoms with Crippen molar-refractivity contribution in [3.63, 3.8) is 0 Å². The first-order valence-corrected chi connectivity index (χ1v) is 9.25. The van der Waals surface area contributed by atoms with E-state index < -0.39 is 52.1 Å². The van der Waals surface area contributed by atoms with E-state index in [1.165, 1.54) is 18.2 Å². The van der Waals surface area contributed by atoms with Crippen LogP contribution in [0.25, 0.3) is 11.1 Å². The van der Waals surface area contributed by atoms with Crippen molar-refractivity contribution in [1.82, 2.24) is 0 Å². The van der Waals surface area contributed by atoms with Gasteiger partial charge in [-0.25, -0.2) is 22.0 Å². The van der Waals surface area contributed by atoms with Gasteiger partial charge in [-0.1, -0.05) is 26.0 Å². The standard InChI is InChI=1S/C21H10F7NO.C2H6/c1-10-2-3-13(15(22)4-10)11-5-18(25)20(19(26)6-11)21(27,28)30-12-7-16(23)14(9-29)17(24)8-12;1-2/h2-8H,1H3;1-2H3. The molecule has 0 aliphatic carbocycles. The fourth-order valence-corrected chi connectivity index (χ4v) is 2.78. The maximum absolute atomic E-state index is 14.4. The number of halogens is 7. The van der Waals surface area contributed by atoms with Gasteiger partial charge in [0.1, 0.15) is 52.0 Å². The summed E-state index contributed by atoms with van der Waals surface area (Å²) in [6.07, 6.45) is -4.68. The Morgan fingerprint density at radius 3 is 1.78 bits per heavy atom. The van der Waals surface area contributed by atoms with Crippen molar-refractivity contribution >= 4 is 0 Å². The smallest absolute Gasteiger partial charge is 0.429 e. The number of nitriles is 1. The Kier molecular flexibility index (Phi) is 7.52. The van der Waals surface area contributed by atoms with Gasteiger partial charge in [-0.2, -0.15) is 14.0 Å². The number of ether oxygens (including phenoxy) is 1. The van der Waals surface area contributed by atoms with Crippen LogP contribution in [0, 0.1) is 47.3 Å². The van der Waals surface area contributed by atoms with Gasteiger partial charge in [-0.15, -0.1) is 0 Å². The Morgan fingerprint density at radius 2 is 1.31 bits per heavy atom. The van der Waals surface area contributed by atoms with Crippen LogP contribution in [-0.4, -0.2) is 0 Å². The molecule has 0 saturated heterocycles.